The van der Waals surface area contributed by atoms with Crippen LogP contribution in [0, 0.1) is 0 Å². The molecule has 1 aromatic carbocycles. The molecule has 0 saturated carbocycles. The number of nitrogens with zero attached hydrogens (tertiary/aromatic N) is 3. The van der Waals surface area contributed by atoms with E-state index in [0.29, 0.717) is 0 Å². The number of likely N-dealkylation sites (N-methyl/N-ethyl adjacent to an activating group) is 1. The Labute approximate surface area is 127 Å². The van der Waals surface area contributed by atoms with E-state index in [9.17, 15) is 0 Å². The van der Waals surface area contributed by atoms with Crippen LogP contribution in [0.15, 0.2) is 24.3 Å². The Morgan fingerprint density at radius 2 is 1.95 bits per heavy atom. The molecule has 0 spiro atoms. The van der Waals surface area contributed by atoms with E-state index in [4.69, 9.17) is 10.8 Å². The molecule has 0 aliphatic carbocycles. The van der Waals surface area contributed by atoms with Gasteiger partial charge in [0.15, 0.2) is 0 Å². The van der Waals surface area contributed by atoms with Crippen LogP contribution in [0.25, 0.3) is 10.9 Å². The maximum absolute atomic E-state index is 6.55. The molecule has 0 bridgehead atoms. The molecular weight excluding hydrogens is 260 g/mol. The molecule has 1 aromatic heterocycles. The lowest BCUT2D eigenvalue weighted by atomic mass is 9.85. The van der Waals surface area contributed by atoms with Gasteiger partial charge in [0.25, 0.3) is 0 Å². The molecule has 4 heteroatoms. The molecule has 0 aliphatic heterocycles. The van der Waals surface area contributed by atoms with E-state index in [1.807, 2.05) is 0 Å². The third-order valence-electron chi connectivity index (χ3n) is 4.98. The van der Waals surface area contributed by atoms with Gasteiger partial charge < -0.3 is 10.6 Å². The van der Waals surface area contributed by atoms with Crippen molar-refractivity contribution in [3.05, 3.63) is 30.0 Å². The van der Waals surface area contributed by atoms with E-state index in [1.54, 1.807) is 0 Å². The molecule has 1 heterocycles. The van der Waals surface area contributed by atoms with Crippen molar-refractivity contribution in [2.75, 3.05) is 14.1 Å². The molecule has 0 fully saturated rings. The van der Waals surface area contributed by atoms with Gasteiger partial charge in [-0.3, -0.25) is 4.68 Å². The highest BCUT2D eigenvalue weighted by Crippen LogP contribution is 2.25. The normalized spacial score (nSPS) is 16.3. The topological polar surface area (TPSA) is 47.1 Å². The summed E-state index contributed by atoms with van der Waals surface area (Å²) in [6.07, 6.45) is 1.82. The third kappa shape index (κ3) is 2.83. The number of nitrogens with two attached hydrogens (primary N) is 1. The van der Waals surface area contributed by atoms with Gasteiger partial charge in [-0.1, -0.05) is 25.1 Å². The van der Waals surface area contributed by atoms with E-state index >= 15 is 0 Å². The van der Waals surface area contributed by atoms with Crippen LogP contribution in [0.4, 0.5) is 0 Å². The molecule has 2 N–H and O–H groups in total. The zero-order valence-electron chi connectivity index (χ0n) is 13.9. The molecular formula is C17H28N4. The van der Waals surface area contributed by atoms with Gasteiger partial charge in [0, 0.05) is 29.9 Å². The van der Waals surface area contributed by atoms with Crippen molar-refractivity contribution >= 4 is 10.9 Å². The molecule has 0 aliphatic rings. The average molecular weight is 288 g/mol. The molecule has 2 unspecified atom stereocenters. The standard InChI is InChI=1S/C17H28N4/c1-6-17(3,20(4)5)16(18)12-14-13-10-8-9-11-15(13)21(7-2)19-14/h8-11,16H,6-7,12,18H2,1-5H3. The Morgan fingerprint density at radius 3 is 2.52 bits per heavy atom. The summed E-state index contributed by atoms with van der Waals surface area (Å²) in [5.41, 5.74) is 8.84. The zero-order valence-corrected chi connectivity index (χ0v) is 13.9. The van der Waals surface area contributed by atoms with Gasteiger partial charge in [-0.05, 0) is 40.4 Å². The molecule has 116 valence electrons. The first-order valence-corrected chi connectivity index (χ1v) is 7.81. The minimum Gasteiger partial charge on any atom is -0.326 e. The molecule has 4 nitrogen and oxygen atoms in total. The van der Waals surface area contributed by atoms with Crippen molar-refractivity contribution in [2.45, 2.75) is 51.7 Å². The highest BCUT2D eigenvalue weighted by Gasteiger charge is 2.33. The Balaban J connectivity index is 2.36. The first kappa shape index (κ1) is 16.0. The highest BCUT2D eigenvalue weighted by molar-refractivity contribution is 5.82. The van der Waals surface area contributed by atoms with E-state index in [2.05, 4.69) is 68.7 Å². The van der Waals surface area contributed by atoms with Crippen molar-refractivity contribution < 1.29 is 0 Å². The second kappa shape index (κ2) is 6.16. The zero-order chi connectivity index (χ0) is 15.6. The second-order valence-electron chi connectivity index (χ2n) is 6.20. The second-order valence-corrected chi connectivity index (χ2v) is 6.20. The Hall–Kier alpha value is -1.39. The van der Waals surface area contributed by atoms with Crippen LogP contribution in [-0.4, -0.2) is 40.4 Å². The van der Waals surface area contributed by atoms with Crippen molar-refractivity contribution in [1.82, 2.24) is 14.7 Å². The summed E-state index contributed by atoms with van der Waals surface area (Å²) < 4.78 is 2.07. The monoisotopic (exact) mass is 288 g/mol. The maximum Gasteiger partial charge on any atom is 0.0719 e. The first-order chi connectivity index (χ1) is 9.93. The molecule has 2 rings (SSSR count). The van der Waals surface area contributed by atoms with Gasteiger partial charge in [-0.2, -0.15) is 5.10 Å². The SMILES string of the molecule is CCn1nc(CC(N)C(C)(CC)N(C)C)c2ccccc21. The van der Waals surface area contributed by atoms with E-state index < -0.39 is 0 Å². The van der Waals surface area contributed by atoms with Gasteiger partial charge in [0.05, 0.1) is 11.2 Å². The number of hydrogen-bond donors (Lipinski definition) is 1. The van der Waals surface area contributed by atoms with Gasteiger partial charge in [-0.25, -0.2) is 0 Å². The summed E-state index contributed by atoms with van der Waals surface area (Å²) in [4.78, 5) is 2.23. The molecule has 0 radical (unpaired) electrons. The van der Waals surface area contributed by atoms with E-state index in [1.165, 1.54) is 10.9 Å². The number of benzene rings is 1. The fraction of sp³-hybridized carbons (Fsp3) is 0.588. The number of hydrogen-bond acceptors (Lipinski definition) is 3. The van der Waals surface area contributed by atoms with Gasteiger partial charge in [0.1, 0.15) is 0 Å². The lowest BCUT2D eigenvalue weighted by Gasteiger charge is -2.40. The number of rotatable bonds is 6. The minimum absolute atomic E-state index is 0.0168. The predicted octanol–water partition coefficient (Wildman–Crippen LogP) is 2.66. The van der Waals surface area contributed by atoms with E-state index in [-0.39, 0.29) is 11.6 Å². The maximum atomic E-state index is 6.55. The van der Waals surface area contributed by atoms with Crippen LogP contribution in [0.3, 0.4) is 0 Å². The average Bonchev–Trinajstić information content (AvgIpc) is 2.84. The fourth-order valence-corrected chi connectivity index (χ4v) is 2.93. The number of fused-ring (bicyclic) bond motifs is 1. The van der Waals surface area contributed by atoms with Crippen molar-refractivity contribution in [3.8, 4) is 0 Å². The van der Waals surface area contributed by atoms with Crippen LogP contribution in [0.5, 0.6) is 0 Å². The Morgan fingerprint density at radius 1 is 1.29 bits per heavy atom. The fourth-order valence-electron chi connectivity index (χ4n) is 2.93. The van der Waals surface area contributed by atoms with E-state index in [0.717, 1.165) is 25.1 Å². The smallest absolute Gasteiger partial charge is 0.0719 e. The van der Waals surface area contributed by atoms with Crippen LogP contribution in [0.1, 0.15) is 32.9 Å². The molecule has 0 saturated heterocycles. The van der Waals surface area contributed by atoms with Crippen LogP contribution >= 0.6 is 0 Å². The summed E-state index contributed by atoms with van der Waals surface area (Å²) in [6.45, 7) is 7.44. The molecule has 2 atom stereocenters. The number of para-hydroxylation sites is 1. The van der Waals surface area contributed by atoms with Gasteiger partial charge >= 0.3 is 0 Å². The van der Waals surface area contributed by atoms with Crippen LogP contribution in [0.2, 0.25) is 0 Å². The lowest BCUT2D eigenvalue weighted by Crippen LogP contribution is -2.55. The van der Waals surface area contributed by atoms with Crippen LogP contribution in [-0.2, 0) is 13.0 Å². The molecule has 0 amide bonds. The summed E-state index contributed by atoms with van der Waals surface area (Å²) in [5, 5.41) is 6.00. The molecule has 21 heavy (non-hydrogen) atoms. The van der Waals surface area contributed by atoms with Crippen molar-refractivity contribution in [3.63, 3.8) is 0 Å². The van der Waals surface area contributed by atoms with Gasteiger partial charge in [0.2, 0.25) is 0 Å². The quantitative estimate of drug-likeness (QED) is 0.889. The Kier molecular flexibility index (Phi) is 4.69. The highest BCUT2D eigenvalue weighted by atomic mass is 15.3. The predicted molar refractivity (Wildman–Crippen MR) is 89.5 cm³/mol. The molecule has 2 aromatic rings. The summed E-state index contributed by atoms with van der Waals surface area (Å²) in [5.74, 6) is 0. The third-order valence-corrected chi connectivity index (χ3v) is 4.98. The lowest BCUT2D eigenvalue weighted by molar-refractivity contribution is 0.131. The van der Waals surface area contributed by atoms with Gasteiger partial charge in [-0.15, -0.1) is 0 Å². The van der Waals surface area contributed by atoms with Crippen molar-refractivity contribution in [2.24, 2.45) is 5.73 Å². The summed E-state index contributed by atoms with van der Waals surface area (Å²) in [6, 6.07) is 8.47. The minimum atomic E-state index is -0.0168. The summed E-state index contributed by atoms with van der Waals surface area (Å²) in [7, 11) is 4.21. The Bertz CT molecular complexity index is 602. The van der Waals surface area contributed by atoms with Crippen LogP contribution < -0.4 is 5.73 Å². The first-order valence-electron chi connectivity index (χ1n) is 7.81. The summed E-state index contributed by atoms with van der Waals surface area (Å²) >= 11 is 0. The van der Waals surface area contributed by atoms with Crippen molar-refractivity contribution in [1.29, 1.82) is 0 Å². The largest absolute Gasteiger partial charge is 0.326 e. The number of aryl methyl sites for hydroxylation is 1. The number of aromatic nitrogens is 2.